The van der Waals surface area contributed by atoms with Crippen LogP contribution in [0.25, 0.3) is 0 Å². The number of nitrogens with one attached hydrogen (secondary N) is 1. The molecular weight excluding hydrogens is 244 g/mol. The van der Waals surface area contributed by atoms with E-state index in [4.69, 9.17) is 0 Å². The van der Waals surface area contributed by atoms with E-state index < -0.39 is 0 Å². The highest BCUT2D eigenvalue weighted by atomic mass is 16.6. The maximum absolute atomic E-state index is 11.2. The molecule has 1 heterocycles. The second kappa shape index (κ2) is 4.83. The summed E-state index contributed by atoms with van der Waals surface area (Å²) >= 11 is 0. The minimum Gasteiger partial charge on any atom is -0.359 e. The highest BCUT2D eigenvalue weighted by Gasteiger charge is 2.40. The maximum Gasteiger partial charge on any atom is 0.333 e. The van der Waals surface area contributed by atoms with Crippen LogP contribution in [0.1, 0.15) is 45.7 Å². The van der Waals surface area contributed by atoms with Gasteiger partial charge in [-0.15, -0.1) is 0 Å². The van der Waals surface area contributed by atoms with E-state index >= 15 is 0 Å². The number of anilines is 1. The van der Waals surface area contributed by atoms with Crippen LogP contribution in [0, 0.1) is 23.0 Å². The molecule has 6 nitrogen and oxygen atoms in total. The van der Waals surface area contributed by atoms with Crippen LogP contribution >= 0.6 is 0 Å². The predicted octanol–water partition coefficient (Wildman–Crippen LogP) is 3.11. The molecule has 0 saturated heterocycles. The lowest BCUT2D eigenvalue weighted by atomic mass is 9.99. The van der Waals surface area contributed by atoms with Crippen molar-refractivity contribution in [2.75, 3.05) is 5.32 Å². The van der Waals surface area contributed by atoms with Crippen LogP contribution in [-0.4, -0.2) is 20.2 Å². The largest absolute Gasteiger partial charge is 0.359 e. The van der Waals surface area contributed by atoms with Crippen LogP contribution in [-0.2, 0) is 6.54 Å². The first-order valence-corrected chi connectivity index (χ1v) is 6.86. The first-order chi connectivity index (χ1) is 8.86. The molecule has 0 unspecified atom stereocenters. The van der Waals surface area contributed by atoms with Crippen LogP contribution in [0.5, 0.6) is 0 Å². The summed E-state index contributed by atoms with van der Waals surface area (Å²) in [5.74, 6) is 1.15. The van der Waals surface area contributed by atoms with E-state index in [1.165, 1.54) is 12.8 Å². The van der Waals surface area contributed by atoms with E-state index in [2.05, 4.69) is 24.3 Å². The van der Waals surface area contributed by atoms with Crippen molar-refractivity contribution in [2.24, 2.45) is 5.92 Å². The Morgan fingerprint density at radius 2 is 2.16 bits per heavy atom. The fourth-order valence-electron chi connectivity index (χ4n) is 2.50. The second-order valence-electron chi connectivity index (χ2n) is 5.88. The lowest BCUT2D eigenvalue weighted by Gasteiger charge is -2.27. The quantitative estimate of drug-likeness (QED) is 0.634. The number of aromatic nitrogens is 2. The second-order valence-corrected chi connectivity index (χ2v) is 5.88. The summed E-state index contributed by atoms with van der Waals surface area (Å²) in [6, 6.07) is 0. The predicted molar refractivity (Wildman–Crippen MR) is 74.3 cm³/mol. The van der Waals surface area contributed by atoms with Gasteiger partial charge >= 0.3 is 5.69 Å². The smallest absolute Gasteiger partial charge is 0.333 e. The van der Waals surface area contributed by atoms with Gasteiger partial charge in [0.15, 0.2) is 0 Å². The van der Waals surface area contributed by atoms with E-state index in [9.17, 15) is 10.1 Å². The van der Waals surface area contributed by atoms with Gasteiger partial charge in [-0.1, -0.05) is 6.92 Å². The third-order valence-electron chi connectivity index (χ3n) is 3.75. The zero-order valence-electron chi connectivity index (χ0n) is 12.1. The number of hydrogen-bond acceptors (Lipinski definition) is 4. The highest BCUT2D eigenvalue weighted by Crippen LogP contribution is 2.42. The standard InChI is InChI=1S/C13H22N4O2/c1-5-8-16-12(11(17(18)19)9(2)15-16)14-13(3,4)10-6-7-10/h10,14H,5-8H2,1-4H3. The van der Waals surface area contributed by atoms with E-state index in [1.807, 2.05) is 6.92 Å². The summed E-state index contributed by atoms with van der Waals surface area (Å²) in [6.45, 7) is 8.63. The molecule has 0 amide bonds. The lowest BCUT2D eigenvalue weighted by Crippen LogP contribution is -2.34. The number of aryl methyl sites for hydroxylation is 2. The van der Waals surface area contributed by atoms with Gasteiger partial charge in [0.2, 0.25) is 5.82 Å². The SMILES string of the molecule is CCCn1nc(C)c([N+](=O)[O-])c1NC(C)(C)C1CC1. The third kappa shape index (κ3) is 2.72. The molecule has 1 aromatic heterocycles. The van der Waals surface area contributed by atoms with E-state index in [-0.39, 0.29) is 16.1 Å². The van der Waals surface area contributed by atoms with E-state index in [0.717, 1.165) is 6.42 Å². The molecule has 0 aromatic carbocycles. The number of hydrogen-bond donors (Lipinski definition) is 1. The van der Waals surface area contributed by atoms with Crippen molar-refractivity contribution < 1.29 is 4.92 Å². The lowest BCUT2D eigenvalue weighted by molar-refractivity contribution is -0.384. The van der Waals surface area contributed by atoms with Crippen molar-refractivity contribution in [2.45, 2.75) is 59.0 Å². The Hall–Kier alpha value is -1.59. The zero-order valence-corrected chi connectivity index (χ0v) is 12.1. The summed E-state index contributed by atoms with van der Waals surface area (Å²) in [6.07, 6.45) is 3.28. The molecule has 1 aromatic rings. The van der Waals surface area contributed by atoms with Gasteiger partial charge in [-0.2, -0.15) is 5.10 Å². The van der Waals surface area contributed by atoms with Crippen LogP contribution in [0.15, 0.2) is 0 Å². The maximum atomic E-state index is 11.2. The van der Waals surface area contributed by atoms with Gasteiger partial charge < -0.3 is 5.32 Å². The van der Waals surface area contributed by atoms with Crippen LogP contribution in [0.2, 0.25) is 0 Å². The first kappa shape index (κ1) is 13.8. The topological polar surface area (TPSA) is 73.0 Å². The molecule has 0 bridgehead atoms. The molecule has 2 rings (SSSR count). The molecular formula is C13H22N4O2. The molecule has 1 aliphatic rings. The van der Waals surface area contributed by atoms with Gasteiger partial charge in [0.25, 0.3) is 0 Å². The minimum atomic E-state index is -0.334. The van der Waals surface area contributed by atoms with Gasteiger partial charge in [0.1, 0.15) is 5.69 Å². The van der Waals surface area contributed by atoms with Crippen molar-refractivity contribution >= 4 is 11.5 Å². The van der Waals surface area contributed by atoms with Crippen molar-refractivity contribution in [3.05, 3.63) is 15.8 Å². The number of nitro groups is 1. The Bertz CT molecular complexity index is 489. The van der Waals surface area contributed by atoms with Crippen LogP contribution in [0.3, 0.4) is 0 Å². The van der Waals surface area contributed by atoms with Crippen LogP contribution < -0.4 is 5.32 Å². The number of nitrogens with zero attached hydrogens (tertiary/aromatic N) is 3. The van der Waals surface area contributed by atoms with Crippen molar-refractivity contribution in [3.8, 4) is 0 Å². The summed E-state index contributed by atoms with van der Waals surface area (Å²) < 4.78 is 1.73. The molecule has 1 saturated carbocycles. The molecule has 1 aliphatic carbocycles. The van der Waals surface area contributed by atoms with Crippen LogP contribution in [0.4, 0.5) is 11.5 Å². The molecule has 0 atom stereocenters. The Balaban J connectivity index is 2.37. The molecule has 1 fully saturated rings. The molecule has 1 N–H and O–H groups in total. The fourth-order valence-corrected chi connectivity index (χ4v) is 2.50. The van der Waals surface area contributed by atoms with Gasteiger partial charge in [0, 0.05) is 12.1 Å². The average molecular weight is 266 g/mol. The average Bonchev–Trinajstić information content (AvgIpc) is 3.07. The summed E-state index contributed by atoms with van der Waals surface area (Å²) in [7, 11) is 0. The summed E-state index contributed by atoms with van der Waals surface area (Å²) in [5.41, 5.74) is 0.470. The Labute approximate surface area is 113 Å². The molecule has 0 radical (unpaired) electrons. The van der Waals surface area contributed by atoms with E-state index in [0.29, 0.717) is 24.0 Å². The zero-order chi connectivity index (χ0) is 14.2. The minimum absolute atomic E-state index is 0.113. The van der Waals surface area contributed by atoms with Crippen molar-refractivity contribution in [3.63, 3.8) is 0 Å². The Morgan fingerprint density at radius 3 is 2.63 bits per heavy atom. The highest BCUT2D eigenvalue weighted by molar-refractivity contribution is 5.60. The monoisotopic (exact) mass is 266 g/mol. The van der Waals surface area contributed by atoms with Crippen molar-refractivity contribution in [1.29, 1.82) is 0 Å². The van der Waals surface area contributed by atoms with Gasteiger partial charge in [-0.25, -0.2) is 4.68 Å². The summed E-state index contributed by atoms with van der Waals surface area (Å²) in [4.78, 5) is 10.9. The molecule has 0 spiro atoms. The fraction of sp³-hybridized carbons (Fsp3) is 0.769. The molecule has 6 heteroatoms. The van der Waals surface area contributed by atoms with Crippen molar-refractivity contribution in [1.82, 2.24) is 9.78 Å². The van der Waals surface area contributed by atoms with Gasteiger partial charge in [-0.05, 0) is 46.0 Å². The summed E-state index contributed by atoms with van der Waals surface area (Å²) in [5, 5.41) is 18.9. The van der Waals surface area contributed by atoms with Gasteiger partial charge in [0.05, 0.1) is 4.92 Å². The third-order valence-corrected chi connectivity index (χ3v) is 3.75. The van der Waals surface area contributed by atoms with E-state index in [1.54, 1.807) is 11.6 Å². The van der Waals surface area contributed by atoms with Gasteiger partial charge in [-0.3, -0.25) is 10.1 Å². The Kier molecular flexibility index (Phi) is 3.52. The molecule has 0 aliphatic heterocycles. The normalized spacial score (nSPS) is 15.6. The molecule has 106 valence electrons. The Morgan fingerprint density at radius 1 is 1.53 bits per heavy atom. The number of rotatable bonds is 6. The first-order valence-electron chi connectivity index (χ1n) is 6.86. The molecule has 19 heavy (non-hydrogen) atoms.